The molecule has 2 heteroatoms. The summed E-state index contributed by atoms with van der Waals surface area (Å²) < 4.78 is 0. The van der Waals surface area contributed by atoms with Gasteiger partial charge in [-0.05, 0) is 32.2 Å². The molecule has 0 aromatic carbocycles. The van der Waals surface area contributed by atoms with Crippen LogP contribution in [0.15, 0.2) is 0 Å². The van der Waals surface area contributed by atoms with Gasteiger partial charge in [0, 0.05) is 0 Å². The Hall–Kier alpha value is -0.370. The minimum Gasteiger partial charge on any atom is -0.310 e. The predicted molar refractivity (Wildman–Crippen MR) is 36.3 cm³/mol. The summed E-state index contributed by atoms with van der Waals surface area (Å²) in [6, 6.07) is 0. The van der Waals surface area contributed by atoms with Crippen LogP contribution in [0.4, 0.5) is 0 Å². The van der Waals surface area contributed by atoms with E-state index >= 15 is 0 Å². The van der Waals surface area contributed by atoms with E-state index in [1.165, 1.54) is 12.8 Å². The molecule has 1 aliphatic rings. The lowest BCUT2D eigenvalue weighted by atomic mass is 10.4. The van der Waals surface area contributed by atoms with Crippen LogP contribution in [-0.2, 0) is 4.79 Å². The normalized spacial score (nSPS) is 17.9. The van der Waals surface area contributed by atoms with Crippen LogP contribution in [0.5, 0.6) is 0 Å². The molecule has 0 aromatic rings. The largest absolute Gasteiger partial charge is 0.310 e. The Morgan fingerprint density at radius 2 is 2.33 bits per heavy atom. The minimum atomic E-state index is 0.232. The fourth-order valence-corrected chi connectivity index (χ4v) is 0.774. The number of Topliss-reactive ketones (excluding diaryl/α,β-unsaturated/α-hetero) is 1. The molecule has 0 atom stereocenters. The molecule has 1 fully saturated rings. The van der Waals surface area contributed by atoms with Crippen molar-refractivity contribution in [3.05, 3.63) is 0 Å². The Morgan fingerprint density at radius 1 is 1.67 bits per heavy atom. The second kappa shape index (κ2) is 2.97. The third kappa shape index (κ3) is 3.25. The van der Waals surface area contributed by atoms with E-state index in [0.717, 1.165) is 12.5 Å². The maximum atomic E-state index is 10.4. The number of ketones is 1. The van der Waals surface area contributed by atoms with Crippen LogP contribution in [0.25, 0.3) is 0 Å². The summed E-state index contributed by atoms with van der Waals surface area (Å²) in [7, 11) is 0. The highest BCUT2D eigenvalue weighted by atomic mass is 16.1. The number of hydrogen-bond acceptors (Lipinski definition) is 2. The van der Waals surface area contributed by atoms with Gasteiger partial charge < -0.3 is 5.32 Å². The van der Waals surface area contributed by atoms with Gasteiger partial charge in [0.05, 0.1) is 6.54 Å². The van der Waals surface area contributed by atoms with Crippen molar-refractivity contribution in [2.75, 3.05) is 13.1 Å². The van der Waals surface area contributed by atoms with Crippen LogP contribution >= 0.6 is 0 Å². The summed E-state index contributed by atoms with van der Waals surface area (Å²) in [6.45, 7) is 3.20. The average molecular weight is 127 g/mol. The van der Waals surface area contributed by atoms with Crippen LogP contribution in [-0.4, -0.2) is 18.9 Å². The molecule has 52 valence electrons. The number of carbonyl (C=O) groups is 1. The van der Waals surface area contributed by atoms with Crippen LogP contribution < -0.4 is 5.32 Å². The van der Waals surface area contributed by atoms with Gasteiger partial charge in [-0.25, -0.2) is 0 Å². The molecule has 0 aliphatic heterocycles. The van der Waals surface area contributed by atoms with Crippen molar-refractivity contribution in [3.8, 4) is 0 Å². The van der Waals surface area contributed by atoms with E-state index in [1.807, 2.05) is 0 Å². The van der Waals surface area contributed by atoms with Crippen LogP contribution in [0.1, 0.15) is 19.8 Å². The zero-order chi connectivity index (χ0) is 6.69. The first-order chi connectivity index (χ1) is 4.29. The molecule has 1 saturated carbocycles. The topological polar surface area (TPSA) is 29.1 Å². The van der Waals surface area contributed by atoms with Crippen molar-refractivity contribution < 1.29 is 4.79 Å². The minimum absolute atomic E-state index is 0.232. The summed E-state index contributed by atoms with van der Waals surface area (Å²) in [4.78, 5) is 10.4. The van der Waals surface area contributed by atoms with E-state index in [-0.39, 0.29) is 5.78 Å². The van der Waals surface area contributed by atoms with Gasteiger partial charge in [-0.3, -0.25) is 4.79 Å². The maximum absolute atomic E-state index is 10.4. The molecule has 1 rings (SSSR count). The molecule has 9 heavy (non-hydrogen) atoms. The van der Waals surface area contributed by atoms with Crippen molar-refractivity contribution in [1.29, 1.82) is 0 Å². The van der Waals surface area contributed by atoms with Crippen molar-refractivity contribution in [3.63, 3.8) is 0 Å². The van der Waals surface area contributed by atoms with Gasteiger partial charge in [-0.15, -0.1) is 0 Å². The van der Waals surface area contributed by atoms with E-state index in [9.17, 15) is 4.79 Å². The highest BCUT2D eigenvalue weighted by Gasteiger charge is 2.20. The smallest absolute Gasteiger partial charge is 0.143 e. The van der Waals surface area contributed by atoms with E-state index < -0.39 is 0 Å². The quantitative estimate of drug-likeness (QED) is 0.598. The van der Waals surface area contributed by atoms with Crippen LogP contribution in [0, 0.1) is 5.92 Å². The molecular weight excluding hydrogens is 114 g/mol. The lowest BCUT2D eigenvalue weighted by Gasteiger charge is -1.97. The number of carbonyl (C=O) groups excluding carboxylic acids is 1. The average Bonchev–Trinajstić information content (AvgIpc) is 2.48. The third-order valence-electron chi connectivity index (χ3n) is 1.50. The zero-order valence-electron chi connectivity index (χ0n) is 5.81. The molecule has 0 bridgehead atoms. The summed E-state index contributed by atoms with van der Waals surface area (Å²) in [5.74, 6) is 1.11. The molecular formula is C7H13NO. The van der Waals surface area contributed by atoms with Crippen molar-refractivity contribution in [2.45, 2.75) is 19.8 Å². The first kappa shape index (κ1) is 6.75. The Balaban J connectivity index is 1.86. The fraction of sp³-hybridized carbons (Fsp3) is 0.857. The molecule has 0 amide bonds. The van der Waals surface area contributed by atoms with Gasteiger partial charge in [0.2, 0.25) is 0 Å². The summed E-state index contributed by atoms with van der Waals surface area (Å²) in [5.41, 5.74) is 0. The monoisotopic (exact) mass is 127 g/mol. The highest BCUT2D eigenvalue weighted by Crippen LogP contribution is 2.27. The van der Waals surface area contributed by atoms with Crippen molar-refractivity contribution in [2.24, 2.45) is 5.92 Å². The zero-order valence-corrected chi connectivity index (χ0v) is 5.81. The number of nitrogens with one attached hydrogen (secondary N) is 1. The predicted octanol–water partition coefficient (Wildman–Crippen LogP) is 0.575. The molecule has 0 spiro atoms. The Morgan fingerprint density at radius 3 is 2.78 bits per heavy atom. The van der Waals surface area contributed by atoms with E-state index in [4.69, 9.17) is 0 Å². The van der Waals surface area contributed by atoms with E-state index in [1.54, 1.807) is 6.92 Å². The third-order valence-corrected chi connectivity index (χ3v) is 1.50. The second-order valence-corrected chi connectivity index (χ2v) is 2.78. The molecule has 0 radical (unpaired) electrons. The number of hydrogen-bond donors (Lipinski definition) is 1. The second-order valence-electron chi connectivity index (χ2n) is 2.78. The van der Waals surface area contributed by atoms with E-state index in [0.29, 0.717) is 6.54 Å². The van der Waals surface area contributed by atoms with Crippen LogP contribution in [0.2, 0.25) is 0 Å². The Labute approximate surface area is 55.6 Å². The lowest BCUT2D eigenvalue weighted by molar-refractivity contribution is -0.116. The van der Waals surface area contributed by atoms with Crippen LogP contribution in [0.3, 0.4) is 0 Å². The SMILES string of the molecule is CC(=O)CNCC1CC1. The molecule has 0 aromatic heterocycles. The lowest BCUT2D eigenvalue weighted by Crippen LogP contribution is -2.22. The van der Waals surface area contributed by atoms with Gasteiger partial charge in [-0.2, -0.15) is 0 Å². The first-order valence-corrected chi connectivity index (χ1v) is 3.49. The van der Waals surface area contributed by atoms with Gasteiger partial charge in [0.1, 0.15) is 5.78 Å². The van der Waals surface area contributed by atoms with Crippen molar-refractivity contribution in [1.82, 2.24) is 5.32 Å². The Kier molecular flexibility index (Phi) is 2.22. The molecule has 1 N–H and O–H groups in total. The standard InChI is InChI=1S/C7H13NO/c1-6(9)4-8-5-7-2-3-7/h7-8H,2-5H2,1H3. The summed E-state index contributed by atoms with van der Waals surface area (Å²) in [5, 5.41) is 3.10. The first-order valence-electron chi connectivity index (χ1n) is 3.49. The summed E-state index contributed by atoms with van der Waals surface area (Å²) in [6.07, 6.45) is 2.70. The maximum Gasteiger partial charge on any atom is 0.143 e. The van der Waals surface area contributed by atoms with Gasteiger partial charge in [0.25, 0.3) is 0 Å². The highest BCUT2D eigenvalue weighted by molar-refractivity contribution is 5.77. The van der Waals surface area contributed by atoms with Gasteiger partial charge in [0.15, 0.2) is 0 Å². The molecule has 0 saturated heterocycles. The van der Waals surface area contributed by atoms with Crippen molar-refractivity contribution >= 4 is 5.78 Å². The van der Waals surface area contributed by atoms with Gasteiger partial charge >= 0.3 is 0 Å². The summed E-state index contributed by atoms with van der Waals surface area (Å²) >= 11 is 0. The molecule has 2 nitrogen and oxygen atoms in total. The molecule has 0 heterocycles. The molecule has 1 aliphatic carbocycles. The fourth-order valence-electron chi connectivity index (χ4n) is 0.774. The Bertz CT molecular complexity index is 107. The van der Waals surface area contributed by atoms with Gasteiger partial charge in [-0.1, -0.05) is 0 Å². The molecule has 0 unspecified atom stereocenters. The number of rotatable bonds is 4. The van der Waals surface area contributed by atoms with E-state index in [2.05, 4.69) is 5.32 Å².